The summed E-state index contributed by atoms with van der Waals surface area (Å²) in [4.78, 5) is 0. The Bertz CT molecular complexity index is 622. The zero-order chi connectivity index (χ0) is 16.4. The molecule has 0 saturated heterocycles. The first-order valence-corrected chi connectivity index (χ1v) is 8.92. The van der Waals surface area contributed by atoms with Crippen LogP contribution in [0.2, 0.25) is 0 Å². The molecule has 0 radical (unpaired) electrons. The van der Waals surface area contributed by atoms with E-state index in [0.717, 1.165) is 0 Å². The summed E-state index contributed by atoms with van der Waals surface area (Å²) in [6.07, 6.45) is 0. The fraction of sp³-hybridized carbons (Fsp3) is 0.429. The van der Waals surface area contributed by atoms with E-state index < -0.39 is 0 Å². The third-order valence-electron chi connectivity index (χ3n) is 4.31. The molecule has 0 saturated carbocycles. The highest BCUT2D eigenvalue weighted by atomic mass is 31.0. The maximum absolute atomic E-state index is 2.82. The molecule has 1 heteroatoms. The van der Waals surface area contributed by atoms with Crippen LogP contribution in [0.5, 0.6) is 0 Å². The minimum atomic E-state index is 0.527. The highest BCUT2D eigenvalue weighted by molar-refractivity contribution is 7.27. The SMILES string of the molecule is CC(C)c1cc(C(C)C)c(-c2cccc(P)c2)c(C(C)C)c1. The van der Waals surface area contributed by atoms with Crippen LogP contribution < -0.4 is 5.30 Å². The average Bonchev–Trinajstić information content (AvgIpc) is 2.45. The summed E-state index contributed by atoms with van der Waals surface area (Å²) in [5.41, 5.74) is 7.20. The fourth-order valence-corrected chi connectivity index (χ4v) is 3.27. The Morgan fingerprint density at radius 3 is 1.68 bits per heavy atom. The summed E-state index contributed by atoms with van der Waals surface area (Å²) in [5, 5.41) is 1.25. The van der Waals surface area contributed by atoms with E-state index in [1.54, 1.807) is 0 Å². The van der Waals surface area contributed by atoms with Gasteiger partial charge in [0.15, 0.2) is 0 Å². The molecule has 22 heavy (non-hydrogen) atoms. The van der Waals surface area contributed by atoms with Crippen molar-refractivity contribution in [1.29, 1.82) is 0 Å². The van der Waals surface area contributed by atoms with Crippen molar-refractivity contribution in [3.8, 4) is 11.1 Å². The monoisotopic (exact) mass is 312 g/mol. The number of hydrogen-bond acceptors (Lipinski definition) is 0. The van der Waals surface area contributed by atoms with Gasteiger partial charge < -0.3 is 0 Å². The summed E-state index contributed by atoms with van der Waals surface area (Å²) in [5.74, 6) is 1.62. The van der Waals surface area contributed by atoms with Crippen molar-refractivity contribution in [1.82, 2.24) is 0 Å². The number of benzene rings is 2. The van der Waals surface area contributed by atoms with Crippen molar-refractivity contribution >= 4 is 14.5 Å². The lowest BCUT2D eigenvalue weighted by molar-refractivity contribution is 0.807. The van der Waals surface area contributed by atoms with Gasteiger partial charge in [-0.15, -0.1) is 9.24 Å². The summed E-state index contributed by atoms with van der Waals surface area (Å²) in [7, 11) is 2.82. The van der Waals surface area contributed by atoms with Crippen LogP contribution in [0.1, 0.15) is 76.0 Å². The van der Waals surface area contributed by atoms with Gasteiger partial charge in [-0.05, 0) is 56.9 Å². The lowest BCUT2D eigenvalue weighted by Crippen LogP contribution is -2.04. The minimum absolute atomic E-state index is 0.527. The Labute approximate surface area is 138 Å². The summed E-state index contributed by atoms with van der Waals surface area (Å²) in [6, 6.07) is 13.7. The molecular weight excluding hydrogens is 283 g/mol. The van der Waals surface area contributed by atoms with Crippen molar-refractivity contribution in [2.45, 2.75) is 59.3 Å². The van der Waals surface area contributed by atoms with E-state index >= 15 is 0 Å². The van der Waals surface area contributed by atoms with Gasteiger partial charge in [-0.2, -0.15) is 0 Å². The molecule has 1 unspecified atom stereocenters. The molecule has 0 aliphatic heterocycles. The molecule has 0 heterocycles. The molecule has 0 spiro atoms. The van der Waals surface area contributed by atoms with Gasteiger partial charge in [-0.25, -0.2) is 0 Å². The molecule has 0 amide bonds. The van der Waals surface area contributed by atoms with Gasteiger partial charge in [0.2, 0.25) is 0 Å². The smallest absolute Gasteiger partial charge is 0.0114 e. The second-order valence-electron chi connectivity index (χ2n) is 7.16. The Hall–Kier alpha value is -1.13. The first-order valence-electron chi connectivity index (χ1n) is 8.34. The highest BCUT2D eigenvalue weighted by Gasteiger charge is 2.18. The predicted octanol–water partition coefficient (Wildman–Crippen LogP) is 6.22. The molecule has 2 aromatic carbocycles. The molecule has 2 aromatic rings. The number of rotatable bonds is 4. The first-order chi connectivity index (χ1) is 10.3. The van der Waals surface area contributed by atoms with Crippen molar-refractivity contribution in [3.05, 3.63) is 53.1 Å². The summed E-state index contributed by atoms with van der Waals surface area (Å²) >= 11 is 0. The van der Waals surface area contributed by atoms with Crippen LogP contribution >= 0.6 is 9.24 Å². The second kappa shape index (κ2) is 6.97. The van der Waals surface area contributed by atoms with E-state index in [9.17, 15) is 0 Å². The molecule has 0 aliphatic carbocycles. The molecule has 1 atom stereocenters. The maximum Gasteiger partial charge on any atom is -0.0114 e. The van der Waals surface area contributed by atoms with Crippen molar-refractivity contribution < 1.29 is 0 Å². The van der Waals surface area contributed by atoms with Gasteiger partial charge in [0.05, 0.1) is 0 Å². The fourth-order valence-electron chi connectivity index (χ4n) is 2.98. The minimum Gasteiger partial charge on any atom is -0.106 e. The third kappa shape index (κ3) is 3.61. The Morgan fingerprint density at radius 2 is 1.27 bits per heavy atom. The Kier molecular flexibility index (Phi) is 5.45. The third-order valence-corrected chi connectivity index (χ3v) is 4.67. The highest BCUT2D eigenvalue weighted by Crippen LogP contribution is 2.38. The van der Waals surface area contributed by atoms with Gasteiger partial charge in [-0.1, -0.05) is 71.9 Å². The normalized spacial score (nSPS) is 11.7. The van der Waals surface area contributed by atoms with Crippen LogP contribution in [0.15, 0.2) is 36.4 Å². The molecule has 2 rings (SSSR count). The van der Waals surface area contributed by atoms with Crippen molar-refractivity contribution in [2.24, 2.45) is 0 Å². The van der Waals surface area contributed by atoms with E-state index in [4.69, 9.17) is 0 Å². The maximum atomic E-state index is 2.82. The quantitative estimate of drug-likeness (QED) is 0.587. The van der Waals surface area contributed by atoms with Gasteiger partial charge in [-0.3, -0.25) is 0 Å². The van der Waals surface area contributed by atoms with E-state index in [1.165, 1.54) is 33.1 Å². The summed E-state index contributed by atoms with van der Waals surface area (Å²) < 4.78 is 0. The van der Waals surface area contributed by atoms with Crippen LogP contribution in [0.3, 0.4) is 0 Å². The van der Waals surface area contributed by atoms with Gasteiger partial charge in [0.25, 0.3) is 0 Å². The topological polar surface area (TPSA) is 0 Å². The number of hydrogen-bond donors (Lipinski definition) is 0. The molecular formula is C21H29P. The standard InChI is InChI=1S/C21H29P/c1-13(2)17-11-19(14(3)4)21(20(12-17)15(5)6)16-8-7-9-18(22)10-16/h7-15H,22H2,1-6H3. The van der Waals surface area contributed by atoms with Gasteiger partial charge in [0, 0.05) is 0 Å². The molecule has 118 valence electrons. The van der Waals surface area contributed by atoms with Crippen LogP contribution in [-0.4, -0.2) is 0 Å². The average molecular weight is 312 g/mol. The Morgan fingerprint density at radius 1 is 0.727 bits per heavy atom. The van der Waals surface area contributed by atoms with Crippen molar-refractivity contribution in [3.63, 3.8) is 0 Å². The van der Waals surface area contributed by atoms with Gasteiger partial charge >= 0.3 is 0 Å². The van der Waals surface area contributed by atoms with E-state index in [1.807, 2.05) is 0 Å². The molecule has 0 N–H and O–H groups in total. The van der Waals surface area contributed by atoms with Crippen LogP contribution in [0, 0.1) is 0 Å². The lowest BCUT2D eigenvalue weighted by Gasteiger charge is -2.23. The van der Waals surface area contributed by atoms with Gasteiger partial charge in [0.1, 0.15) is 0 Å². The largest absolute Gasteiger partial charge is 0.106 e. The summed E-state index contributed by atoms with van der Waals surface area (Å²) in [6.45, 7) is 13.8. The Balaban J connectivity index is 2.79. The molecule has 0 bridgehead atoms. The molecule has 0 aromatic heterocycles. The first kappa shape index (κ1) is 17.2. The van der Waals surface area contributed by atoms with Crippen LogP contribution in [-0.2, 0) is 0 Å². The predicted molar refractivity (Wildman–Crippen MR) is 103 cm³/mol. The van der Waals surface area contributed by atoms with E-state index in [-0.39, 0.29) is 0 Å². The second-order valence-corrected chi connectivity index (χ2v) is 7.83. The zero-order valence-corrected chi connectivity index (χ0v) is 15.9. The van der Waals surface area contributed by atoms with Crippen molar-refractivity contribution in [2.75, 3.05) is 0 Å². The zero-order valence-electron chi connectivity index (χ0n) is 14.8. The molecule has 0 fully saturated rings. The van der Waals surface area contributed by atoms with E-state index in [2.05, 4.69) is 87.2 Å². The molecule has 0 aliphatic rings. The van der Waals surface area contributed by atoms with E-state index in [0.29, 0.717) is 17.8 Å². The van der Waals surface area contributed by atoms with Crippen LogP contribution in [0.25, 0.3) is 11.1 Å². The van der Waals surface area contributed by atoms with Crippen LogP contribution in [0.4, 0.5) is 0 Å². The molecule has 0 nitrogen and oxygen atoms in total. The lowest BCUT2D eigenvalue weighted by atomic mass is 9.82.